The normalized spacial score (nSPS) is 10.5. The molecule has 2 aromatic rings. The molecule has 1 aromatic carbocycles. The summed E-state index contributed by atoms with van der Waals surface area (Å²) in [5, 5.41) is 8.86. The van der Waals surface area contributed by atoms with Gasteiger partial charge < -0.3 is 14.3 Å². The summed E-state index contributed by atoms with van der Waals surface area (Å²) in [7, 11) is 0. The van der Waals surface area contributed by atoms with Crippen LogP contribution in [0.1, 0.15) is 21.9 Å². The number of ether oxygens (including phenoxy) is 1. The van der Waals surface area contributed by atoms with Crippen LogP contribution in [-0.4, -0.2) is 11.1 Å². The molecular formula is C13H10BrFO4. The van der Waals surface area contributed by atoms with Gasteiger partial charge in [0.05, 0.1) is 4.47 Å². The molecule has 0 aliphatic rings. The van der Waals surface area contributed by atoms with Crippen LogP contribution in [0.4, 0.5) is 4.39 Å². The van der Waals surface area contributed by atoms with Gasteiger partial charge in [0.15, 0.2) is 0 Å². The van der Waals surface area contributed by atoms with E-state index in [2.05, 4.69) is 15.9 Å². The number of rotatable bonds is 4. The number of aryl methyl sites for hydroxylation is 1. The second-order valence-electron chi connectivity index (χ2n) is 3.89. The van der Waals surface area contributed by atoms with Crippen molar-refractivity contribution in [2.75, 3.05) is 0 Å². The van der Waals surface area contributed by atoms with Gasteiger partial charge in [-0.3, -0.25) is 0 Å². The molecule has 0 aliphatic carbocycles. The number of furan rings is 1. The molecule has 0 spiro atoms. The maximum atomic E-state index is 12.9. The van der Waals surface area contributed by atoms with Gasteiger partial charge in [-0.15, -0.1) is 0 Å². The Balaban J connectivity index is 2.10. The van der Waals surface area contributed by atoms with Crippen LogP contribution >= 0.6 is 15.9 Å². The SMILES string of the molecule is Cc1cc(COc2ccc(F)cc2Br)oc1C(=O)O. The molecule has 100 valence electrons. The molecule has 0 unspecified atom stereocenters. The van der Waals surface area contributed by atoms with Crippen LogP contribution in [0.5, 0.6) is 5.75 Å². The van der Waals surface area contributed by atoms with Crippen molar-refractivity contribution in [3.05, 3.63) is 51.6 Å². The largest absolute Gasteiger partial charge is 0.484 e. The molecule has 0 fully saturated rings. The molecule has 0 bridgehead atoms. The predicted octanol–water partition coefficient (Wildman–Crippen LogP) is 3.77. The summed E-state index contributed by atoms with van der Waals surface area (Å²) in [6, 6.07) is 5.63. The van der Waals surface area contributed by atoms with E-state index in [4.69, 9.17) is 14.3 Å². The first-order chi connectivity index (χ1) is 8.97. The molecule has 0 saturated carbocycles. The number of aromatic carboxylic acids is 1. The van der Waals surface area contributed by atoms with Crippen molar-refractivity contribution in [1.29, 1.82) is 0 Å². The molecule has 0 radical (unpaired) electrons. The van der Waals surface area contributed by atoms with Gasteiger partial charge in [-0.1, -0.05) is 0 Å². The minimum atomic E-state index is -1.12. The molecule has 4 nitrogen and oxygen atoms in total. The van der Waals surface area contributed by atoms with Crippen molar-refractivity contribution in [1.82, 2.24) is 0 Å². The van der Waals surface area contributed by atoms with E-state index < -0.39 is 5.97 Å². The van der Waals surface area contributed by atoms with Crippen molar-refractivity contribution < 1.29 is 23.4 Å². The van der Waals surface area contributed by atoms with Crippen molar-refractivity contribution >= 4 is 21.9 Å². The van der Waals surface area contributed by atoms with Crippen LogP contribution in [0.25, 0.3) is 0 Å². The Bertz CT molecular complexity index is 621. The van der Waals surface area contributed by atoms with Crippen LogP contribution in [0.3, 0.4) is 0 Å². The van der Waals surface area contributed by atoms with Gasteiger partial charge in [0.1, 0.15) is 23.9 Å². The molecule has 0 saturated heterocycles. The molecule has 0 atom stereocenters. The van der Waals surface area contributed by atoms with E-state index in [1.807, 2.05) is 0 Å². The number of carboxylic acids is 1. The smallest absolute Gasteiger partial charge is 0.372 e. The molecule has 19 heavy (non-hydrogen) atoms. The Kier molecular flexibility index (Phi) is 3.90. The fourth-order valence-electron chi connectivity index (χ4n) is 1.57. The molecule has 0 aliphatic heterocycles. The van der Waals surface area contributed by atoms with Crippen LogP contribution in [-0.2, 0) is 6.61 Å². The zero-order valence-electron chi connectivity index (χ0n) is 9.94. The van der Waals surface area contributed by atoms with Crippen molar-refractivity contribution in [3.63, 3.8) is 0 Å². The average Bonchev–Trinajstić information content (AvgIpc) is 2.69. The average molecular weight is 329 g/mol. The number of carboxylic acid groups (broad SMARTS) is 1. The van der Waals surface area contributed by atoms with Crippen LogP contribution < -0.4 is 4.74 Å². The molecule has 1 aromatic heterocycles. The van der Waals surface area contributed by atoms with E-state index in [0.29, 0.717) is 21.5 Å². The van der Waals surface area contributed by atoms with Gasteiger partial charge in [-0.05, 0) is 47.1 Å². The Morgan fingerprint density at radius 3 is 2.79 bits per heavy atom. The summed E-state index contributed by atoms with van der Waals surface area (Å²) in [5.74, 6) is -0.747. The van der Waals surface area contributed by atoms with Gasteiger partial charge in [0.2, 0.25) is 5.76 Å². The third-order valence-electron chi connectivity index (χ3n) is 2.43. The van der Waals surface area contributed by atoms with E-state index in [1.54, 1.807) is 13.0 Å². The van der Waals surface area contributed by atoms with Crippen molar-refractivity contribution in [2.24, 2.45) is 0 Å². The van der Waals surface area contributed by atoms with E-state index in [1.165, 1.54) is 18.2 Å². The monoisotopic (exact) mass is 328 g/mol. The summed E-state index contributed by atoms with van der Waals surface area (Å²) in [6.45, 7) is 1.71. The predicted molar refractivity (Wildman–Crippen MR) is 68.8 cm³/mol. The highest BCUT2D eigenvalue weighted by atomic mass is 79.9. The fourth-order valence-corrected chi connectivity index (χ4v) is 2.04. The first-order valence-corrected chi connectivity index (χ1v) is 6.17. The standard InChI is InChI=1S/C13H10BrFO4/c1-7-4-9(19-12(7)13(16)17)6-18-11-3-2-8(15)5-10(11)14/h2-5H,6H2,1H3,(H,16,17). The minimum absolute atomic E-state index is 0.0678. The van der Waals surface area contributed by atoms with E-state index in [-0.39, 0.29) is 18.2 Å². The number of carbonyl (C=O) groups is 1. The van der Waals surface area contributed by atoms with E-state index in [0.717, 1.165) is 0 Å². The third-order valence-corrected chi connectivity index (χ3v) is 3.05. The Morgan fingerprint density at radius 2 is 2.21 bits per heavy atom. The number of halogens is 2. The van der Waals surface area contributed by atoms with Crippen LogP contribution in [0.2, 0.25) is 0 Å². The maximum Gasteiger partial charge on any atom is 0.372 e. The third kappa shape index (κ3) is 3.14. The maximum absolute atomic E-state index is 12.9. The lowest BCUT2D eigenvalue weighted by molar-refractivity contribution is 0.0657. The Labute approximate surface area is 116 Å². The minimum Gasteiger partial charge on any atom is -0.484 e. The Hall–Kier alpha value is -1.82. The highest BCUT2D eigenvalue weighted by Crippen LogP contribution is 2.26. The molecule has 6 heteroatoms. The number of hydrogen-bond acceptors (Lipinski definition) is 3. The van der Waals surface area contributed by atoms with Gasteiger partial charge in [-0.25, -0.2) is 9.18 Å². The molecule has 1 heterocycles. The van der Waals surface area contributed by atoms with E-state index >= 15 is 0 Å². The molecule has 1 N–H and O–H groups in total. The molecular weight excluding hydrogens is 319 g/mol. The lowest BCUT2D eigenvalue weighted by Gasteiger charge is -2.06. The second kappa shape index (κ2) is 5.44. The zero-order chi connectivity index (χ0) is 14.0. The number of hydrogen-bond donors (Lipinski definition) is 1. The summed E-state index contributed by atoms with van der Waals surface area (Å²) in [4.78, 5) is 10.8. The summed E-state index contributed by atoms with van der Waals surface area (Å²) >= 11 is 3.17. The van der Waals surface area contributed by atoms with Crippen molar-refractivity contribution in [2.45, 2.75) is 13.5 Å². The van der Waals surface area contributed by atoms with Crippen LogP contribution in [0.15, 0.2) is 33.2 Å². The zero-order valence-corrected chi connectivity index (χ0v) is 11.5. The van der Waals surface area contributed by atoms with Gasteiger partial charge in [0.25, 0.3) is 0 Å². The van der Waals surface area contributed by atoms with E-state index in [9.17, 15) is 9.18 Å². The highest BCUT2D eigenvalue weighted by Gasteiger charge is 2.14. The lowest BCUT2D eigenvalue weighted by Crippen LogP contribution is -1.96. The Morgan fingerprint density at radius 1 is 1.47 bits per heavy atom. The van der Waals surface area contributed by atoms with Crippen molar-refractivity contribution in [3.8, 4) is 5.75 Å². The van der Waals surface area contributed by atoms with Gasteiger partial charge in [-0.2, -0.15) is 0 Å². The van der Waals surface area contributed by atoms with Gasteiger partial charge >= 0.3 is 5.97 Å². The molecule has 0 amide bonds. The van der Waals surface area contributed by atoms with Crippen LogP contribution in [0, 0.1) is 12.7 Å². The summed E-state index contributed by atoms with van der Waals surface area (Å²) in [6.07, 6.45) is 0. The summed E-state index contributed by atoms with van der Waals surface area (Å²) < 4.78 is 23.9. The fraction of sp³-hybridized carbons (Fsp3) is 0.154. The topological polar surface area (TPSA) is 59.7 Å². The first-order valence-electron chi connectivity index (χ1n) is 5.38. The summed E-state index contributed by atoms with van der Waals surface area (Å²) in [5.41, 5.74) is 0.532. The molecule has 2 rings (SSSR count). The highest BCUT2D eigenvalue weighted by molar-refractivity contribution is 9.10. The quantitative estimate of drug-likeness (QED) is 0.928. The lowest BCUT2D eigenvalue weighted by atomic mass is 10.3. The second-order valence-corrected chi connectivity index (χ2v) is 4.75. The number of benzene rings is 1. The van der Waals surface area contributed by atoms with Gasteiger partial charge in [0, 0.05) is 5.56 Å². The first kappa shape index (κ1) is 13.6.